The second-order valence-electron chi connectivity index (χ2n) is 4.52. The highest BCUT2D eigenvalue weighted by Crippen LogP contribution is 2.24. The Balaban J connectivity index is 1.97. The zero-order chi connectivity index (χ0) is 11.4. The van der Waals surface area contributed by atoms with E-state index in [2.05, 4.69) is 4.98 Å². The highest BCUT2D eigenvalue weighted by Gasteiger charge is 2.26. The maximum Gasteiger partial charge on any atom is 0.142 e. The molecule has 0 saturated heterocycles. The third kappa shape index (κ3) is 2.89. The lowest BCUT2D eigenvalue weighted by atomic mass is 9.89. The minimum atomic E-state index is 0.0721. The minimum Gasteiger partial charge on any atom is -0.327 e. The van der Waals surface area contributed by atoms with E-state index < -0.39 is 0 Å². The molecular weight excluding hydrogens is 220 g/mol. The first kappa shape index (κ1) is 11.7. The van der Waals surface area contributed by atoms with Gasteiger partial charge in [0.05, 0.1) is 5.51 Å². The molecule has 2 rings (SSSR count). The quantitative estimate of drug-likeness (QED) is 0.821. The number of nitrogens with zero attached hydrogens (tertiary/aromatic N) is 1. The third-order valence-electron chi connectivity index (χ3n) is 3.31. The average molecular weight is 238 g/mol. The number of thiazole rings is 1. The number of Topliss-reactive ketones (excluding diaryl/α,β-unsaturated/α-hetero) is 1. The van der Waals surface area contributed by atoms with Crippen LogP contribution in [0.2, 0.25) is 0 Å². The van der Waals surface area contributed by atoms with E-state index in [0.717, 1.165) is 24.1 Å². The van der Waals surface area contributed by atoms with Crippen molar-refractivity contribution in [3.63, 3.8) is 0 Å². The molecule has 0 spiro atoms. The van der Waals surface area contributed by atoms with Crippen LogP contribution in [0, 0.1) is 5.92 Å². The Morgan fingerprint density at radius 2 is 2.25 bits per heavy atom. The summed E-state index contributed by atoms with van der Waals surface area (Å²) in [5.41, 5.74) is 7.85. The molecule has 88 valence electrons. The molecule has 1 heterocycles. The molecule has 2 atom stereocenters. The van der Waals surface area contributed by atoms with Gasteiger partial charge in [-0.3, -0.25) is 9.78 Å². The number of ketones is 1. The number of hydrogen-bond acceptors (Lipinski definition) is 4. The number of hydrogen-bond donors (Lipinski definition) is 1. The Kier molecular flexibility index (Phi) is 4.07. The van der Waals surface area contributed by atoms with E-state index >= 15 is 0 Å². The van der Waals surface area contributed by atoms with Gasteiger partial charge in [-0.15, -0.1) is 11.3 Å². The summed E-state index contributed by atoms with van der Waals surface area (Å²) in [6, 6.07) is 0.0721. The molecule has 0 aromatic carbocycles. The van der Waals surface area contributed by atoms with Gasteiger partial charge in [-0.25, -0.2) is 0 Å². The molecule has 1 aromatic heterocycles. The molecule has 0 aliphatic heterocycles. The molecular formula is C12H18N2OS. The van der Waals surface area contributed by atoms with Gasteiger partial charge in [0, 0.05) is 29.5 Å². The predicted octanol–water partition coefficient (Wildman–Crippen LogP) is 2.16. The summed E-state index contributed by atoms with van der Waals surface area (Å²) in [6.07, 6.45) is 7.81. The molecule has 2 unspecified atom stereocenters. The van der Waals surface area contributed by atoms with Gasteiger partial charge in [-0.05, 0) is 12.8 Å². The maximum absolute atomic E-state index is 12.1. The normalized spacial score (nSPS) is 26.3. The molecule has 4 heteroatoms. The van der Waals surface area contributed by atoms with Crippen LogP contribution < -0.4 is 5.73 Å². The van der Waals surface area contributed by atoms with Crippen molar-refractivity contribution < 1.29 is 4.79 Å². The van der Waals surface area contributed by atoms with E-state index in [1.807, 2.05) is 0 Å². The standard InChI is InChI=1S/C12H18N2OS/c13-11-5-3-1-2-4-10(11)12(15)6-9-7-14-8-16-9/h7-8,10-11H,1-6,13H2. The molecule has 0 amide bonds. The van der Waals surface area contributed by atoms with E-state index in [9.17, 15) is 4.79 Å². The van der Waals surface area contributed by atoms with Gasteiger partial charge < -0.3 is 5.73 Å². The Morgan fingerprint density at radius 1 is 1.44 bits per heavy atom. The van der Waals surface area contributed by atoms with Gasteiger partial charge in [0.25, 0.3) is 0 Å². The van der Waals surface area contributed by atoms with Crippen LogP contribution in [0.15, 0.2) is 11.7 Å². The Hall–Kier alpha value is -0.740. The first-order valence-corrected chi connectivity index (χ1v) is 6.81. The number of aromatic nitrogens is 1. The smallest absolute Gasteiger partial charge is 0.142 e. The number of carbonyl (C=O) groups excluding carboxylic acids is 1. The molecule has 1 aliphatic rings. The zero-order valence-electron chi connectivity index (χ0n) is 9.39. The predicted molar refractivity (Wildman–Crippen MR) is 65.4 cm³/mol. The Bertz CT molecular complexity index is 337. The van der Waals surface area contributed by atoms with E-state index in [1.54, 1.807) is 23.0 Å². The number of carbonyl (C=O) groups is 1. The zero-order valence-corrected chi connectivity index (χ0v) is 10.2. The van der Waals surface area contributed by atoms with Gasteiger partial charge in [0.15, 0.2) is 0 Å². The van der Waals surface area contributed by atoms with Crippen molar-refractivity contribution in [3.8, 4) is 0 Å². The molecule has 16 heavy (non-hydrogen) atoms. The summed E-state index contributed by atoms with van der Waals surface area (Å²) in [5.74, 6) is 0.378. The van der Waals surface area contributed by atoms with E-state index in [1.165, 1.54) is 12.8 Å². The van der Waals surface area contributed by atoms with Gasteiger partial charge in [0.1, 0.15) is 5.78 Å². The molecule has 1 fully saturated rings. The van der Waals surface area contributed by atoms with Gasteiger partial charge in [-0.1, -0.05) is 19.3 Å². The molecule has 0 radical (unpaired) electrons. The second-order valence-corrected chi connectivity index (χ2v) is 5.49. The Labute approximate surface area is 100 Å². The highest BCUT2D eigenvalue weighted by atomic mass is 32.1. The largest absolute Gasteiger partial charge is 0.327 e. The minimum absolute atomic E-state index is 0.0721. The number of nitrogens with two attached hydrogens (primary N) is 1. The molecule has 2 N–H and O–H groups in total. The van der Waals surface area contributed by atoms with Crippen molar-refractivity contribution in [2.75, 3.05) is 0 Å². The molecule has 0 bridgehead atoms. The van der Waals surface area contributed by atoms with Gasteiger partial charge in [0.2, 0.25) is 0 Å². The lowest BCUT2D eigenvalue weighted by Crippen LogP contribution is -2.35. The molecule has 1 aromatic rings. The van der Waals surface area contributed by atoms with Crippen LogP contribution in [0.1, 0.15) is 37.0 Å². The monoisotopic (exact) mass is 238 g/mol. The summed E-state index contributed by atoms with van der Waals surface area (Å²) in [6.45, 7) is 0. The topological polar surface area (TPSA) is 56.0 Å². The fraction of sp³-hybridized carbons (Fsp3) is 0.667. The summed E-state index contributed by atoms with van der Waals surface area (Å²) >= 11 is 1.55. The van der Waals surface area contributed by atoms with E-state index in [4.69, 9.17) is 5.73 Å². The molecule has 1 saturated carbocycles. The van der Waals surface area contributed by atoms with Crippen molar-refractivity contribution in [2.45, 2.75) is 44.6 Å². The fourth-order valence-corrected chi connectivity index (χ4v) is 2.97. The van der Waals surface area contributed by atoms with Crippen LogP contribution in [0.25, 0.3) is 0 Å². The van der Waals surface area contributed by atoms with Crippen LogP contribution in [-0.2, 0) is 11.2 Å². The van der Waals surface area contributed by atoms with Crippen LogP contribution in [0.5, 0.6) is 0 Å². The van der Waals surface area contributed by atoms with E-state index in [0.29, 0.717) is 12.2 Å². The second kappa shape index (κ2) is 5.55. The molecule has 3 nitrogen and oxygen atoms in total. The van der Waals surface area contributed by atoms with E-state index in [-0.39, 0.29) is 12.0 Å². The van der Waals surface area contributed by atoms with Crippen molar-refractivity contribution in [1.29, 1.82) is 0 Å². The van der Waals surface area contributed by atoms with Gasteiger partial charge >= 0.3 is 0 Å². The van der Waals surface area contributed by atoms with Crippen molar-refractivity contribution in [3.05, 3.63) is 16.6 Å². The third-order valence-corrected chi connectivity index (χ3v) is 4.09. The van der Waals surface area contributed by atoms with Crippen LogP contribution >= 0.6 is 11.3 Å². The maximum atomic E-state index is 12.1. The molecule has 1 aliphatic carbocycles. The van der Waals surface area contributed by atoms with Crippen LogP contribution in [0.4, 0.5) is 0 Å². The highest BCUT2D eigenvalue weighted by molar-refractivity contribution is 7.09. The SMILES string of the molecule is NC1CCCCCC1C(=O)Cc1cncs1. The average Bonchev–Trinajstić information content (AvgIpc) is 2.66. The lowest BCUT2D eigenvalue weighted by molar-refractivity contribution is -0.122. The summed E-state index contributed by atoms with van der Waals surface area (Å²) in [7, 11) is 0. The first-order chi connectivity index (χ1) is 7.77. The summed E-state index contributed by atoms with van der Waals surface area (Å²) in [5, 5.41) is 0. The van der Waals surface area contributed by atoms with Crippen molar-refractivity contribution in [2.24, 2.45) is 11.7 Å². The first-order valence-electron chi connectivity index (χ1n) is 5.93. The Morgan fingerprint density at radius 3 is 3.00 bits per heavy atom. The summed E-state index contributed by atoms with van der Waals surface area (Å²) < 4.78 is 0. The fourth-order valence-electron chi connectivity index (χ4n) is 2.37. The van der Waals surface area contributed by atoms with Gasteiger partial charge in [-0.2, -0.15) is 0 Å². The van der Waals surface area contributed by atoms with Crippen LogP contribution in [0.3, 0.4) is 0 Å². The number of rotatable bonds is 3. The summed E-state index contributed by atoms with van der Waals surface area (Å²) in [4.78, 5) is 17.2. The lowest BCUT2D eigenvalue weighted by Gasteiger charge is -2.19. The van der Waals surface area contributed by atoms with Crippen molar-refractivity contribution in [1.82, 2.24) is 4.98 Å². The van der Waals surface area contributed by atoms with Crippen LogP contribution in [-0.4, -0.2) is 16.8 Å². The van der Waals surface area contributed by atoms with Crippen molar-refractivity contribution >= 4 is 17.1 Å².